The average Bonchev–Trinajstić information content (AvgIpc) is 3.08. The molecule has 3 aromatic carbocycles. The third kappa shape index (κ3) is 5.75. The van der Waals surface area contributed by atoms with Gasteiger partial charge in [-0.15, -0.1) is 0 Å². The monoisotopic (exact) mass is 514 g/mol. The van der Waals surface area contributed by atoms with Crippen molar-refractivity contribution in [1.29, 1.82) is 0 Å². The van der Waals surface area contributed by atoms with Crippen LogP contribution in [0.15, 0.2) is 77.7 Å². The summed E-state index contributed by atoms with van der Waals surface area (Å²) in [5.41, 5.74) is 2.00. The molecule has 1 aliphatic heterocycles. The number of anilines is 2. The van der Waals surface area contributed by atoms with E-state index < -0.39 is 0 Å². The molecule has 1 N–H and O–H groups in total. The number of thioether (sulfide) groups is 1. The minimum Gasteiger partial charge on any atom is -0.484 e. The molecule has 1 heterocycles. The van der Waals surface area contributed by atoms with Crippen LogP contribution in [0.4, 0.5) is 11.4 Å². The zero-order chi connectivity index (χ0) is 23.4. The zero-order valence-electron chi connectivity index (χ0n) is 17.0. The fourth-order valence-electron chi connectivity index (χ4n) is 2.99. The van der Waals surface area contributed by atoms with E-state index in [1.165, 1.54) is 16.7 Å². The van der Waals surface area contributed by atoms with E-state index in [1.54, 1.807) is 78.9 Å². The van der Waals surface area contributed by atoms with E-state index in [1.807, 2.05) is 0 Å². The molecule has 0 bridgehead atoms. The van der Waals surface area contributed by atoms with Gasteiger partial charge < -0.3 is 10.1 Å². The molecule has 1 aliphatic rings. The van der Waals surface area contributed by atoms with Gasteiger partial charge in [0.2, 0.25) is 0 Å². The molecule has 0 aliphatic carbocycles. The quantitative estimate of drug-likeness (QED) is 0.304. The van der Waals surface area contributed by atoms with Gasteiger partial charge in [0.15, 0.2) is 10.9 Å². The Hall–Kier alpha value is -2.84. The van der Waals surface area contributed by atoms with Crippen LogP contribution in [0.2, 0.25) is 10.0 Å². The summed E-state index contributed by atoms with van der Waals surface area (Å²) < 4.78 is 6.00. The Morgan fingerprint density at radius 2 is 1.73 bits per heavy atom. The van der Waals surface area contributed by atoms with Crippen molar-refractivity contribution in [1.82, 2.24) is 0 Å². The van der Waals surface area contributed by atoms with E-state index in [4.69, 9.17) is 40.2 Å². The third-order valence-electron chi connectivity index (χ3n) is 4.57. The van der Waals surface area contributed by atoms with Crippen LogP contribution in [0.1, 0.15) is 5.56 Å². The number of thiocarbonyl (C=S) groups is 1. The van der Waals surface area contributed by atoms with Gasteiger partial charge in [0, 0.05) is 5.02 Å². The van der Waals surface area contributed by atoms with Crippen LogP contribution in [0, 0.1) is 0 Å². The lowest BCUT2D eigenvalue weighted by Gasteiger charge is -2.14. The topological polar surface area (TPSA) is 58.6 Å². The Balaban J connectivity index is 1.37. The van der Waals surface area contributed by atoms with Gasteiger partial charge in [0.25, 0.3) is 11.8 Å². The Bertz CT molecular complexity index is 1250. The van der Waals surface area contributed by atoms with E-state index >= 15 is 0 Å². The predicted octanol–water partition coefficient (Wildman–Crippen LogP) is 6.42. The van der Waals surface area contributed by atoms with E-state index in [-0.39, 0.29) is 18.4 Å². The Labute approximate surface area is 210 Å². The third-order valence-corrected chi connectivity index (χ3v) is 6.46. The number of rotatable bonds is 6. The van der Waals surface area contributed by atoms with Crippen molar-refractivity contribution in [3.8, 4) is 5.75 Å². The van der Waals surface area contributed by atoms with Gasteiger partial charge >= 0.3 is 0 Å². The van der Waals surface area contributed by atoms with Crippen LogP contribution in [-0.2, 0) is 9.59 Å². The van der Waals surface area contributed by atoms with E-state index in [9.17, 15) is 9.59 Å². The van der Waals surface area contributed by atoms with Crippen molar-refractivity contribution >= 4 is 80.8 Å². The number of amides is 2. The van der Waals surface area contributed by atoms with Crippen LogP contribution in [-0.4, -0.2) is 22.7 Å². The van der Waals surface area contributed by atoms with Crippen molar-refractivity contribution in [2.45, 2.75) is 0 Å². The van der Waals surface area contributed by atoms with Crippen molar-refractivity contribution < 1.29 is 14.3 Å². The largest absolute Gasteiger partial charge is 0.484 e. The molecule has 0 aromatic heterocycles. The smallest absolute Gasteiger partial charge is 0.270 e. The van der Waals surface area contributed by atoms with Gasteiger partial charge in [-0.05, 0) is 60.2 Å². The minimum absolute atomic E-state index is 0.162. The van der Waals surface area contributed by atoms with Crippen molar-refractivity contribution in [2.24, 2.45) is 0 Å². The molecule has 0 atom stereocenters. The second-order valence-electron chi connectivity index (χ2n) is 6.88. The lowest BCUT2D eigenvalue weighted by Crippen LogP contribution is -2.27. The SMILES string of the molecule is O=C(COc1ccc(/C=C2\SC(=S)N(c3ccc(Cl)cc3)C2=O)cc1)Nc1ccccc1Cl. The van der Waals surface area contributed by atoms with Crippen LogP contribution < -0.4 is 15.0 Å². The molecule has 0 spiro atoms. The van der Waals surface area contributed by atoms with Gasteiger partial charge in [-0.3, -0.25) is 14.5 Å². The second kappa shape index (κ2) is 10.4. The molecule has 1 fully saturated rings. The molecule has 9 heteroatoms. The number of benzene rings is 3. The number of nitrogens with one attached hydrogen (secondary N) is 1. The van der Waals surface area contributed by atoms with Gasteiger partial charge in [0.05, 0.1) is 21.3 Å². The fourth-order valence-corrected chi connectivity index (χ4v) is 4.60. The zero-order valence-corrected chi connectivity index (χ0v) is 20.1. The van der Waals surface area contributed by atoms with Crippen LogP contribution in [0.3, 0.4) is 0 Å². The molecule has 3 aromatic rings. The molecule has 5 nitrogen and oxygen atoms in total. The highest BCUT2D eigenvalue weighted by Gasteiger charge is 2.33. The average molecular weight is 515 g/mol. The van der Waals surface area contributed by atoms with Crippen LogP contribution >= 0.6 is 47.2 Å². The standard InChI is InChI=1S/C24H16Cl2N2O3S2/c25-16-7-9-17(10-8-16)28-23(30)21(33-24(28)32)13-15-5-11-18(12-6-15)31-14-22(29)27-20-4-2-1-3-19(20)26/h1-13H,14H2,(H,27,29)/b21-13-. The van der Waals surface area contributed by atoms with Crippen LogP contribution in [0.25, 0.3) is 6.08 Å². The van der Waals surface area contributed by atoms with Crippen molar-refractivity contribution in [3.05, 3.63) is 93.3 Å². The molecule has 33 heavy (non-hydrogen) atoms. The summed E-state index contributed by atoms with van der Waals surface area (Å²) in [6.45, 7) is -0.162. The number of hydrogen-bond donors (Lipinski definition) is 1. The van der Waals surface area contributed by atoms with Gasteiger partial charge in [0.1, 0.15) is 5.75 Å². The van der Waals surface area contributed by atoms with Gasteiger partial charge in [-0.2, -0.15) is 0 Å². The second-order valence-corrected chi connectivity index (χ2v) is 9.40. The fraction of sp³-hybridized carbons (Fsp3) is 0.0417. The highest BCUT2D eigenvalue weighted by Crippen LogP contribution is 2.36. The summed E-state index contributed by atoms with van der Waals surface area (Å²) in [7, 11) is 0. The maximum atomic E-state index is 12.9. The first-order valence-electron chi connectivity index (χ1n) is 9.71. The molecule has 4 rings (SSSR count). The lowest BCUT2D eigenvalue weighted by atomic mass is 10.2. The van der Waals surface area contributed by atoms with E-state index in [0.717, 1.165) is 5.56 Å². The normalized spacial score (nSPS) is 14.6. The van der Waals surface area contributed by atoms with Crippen LogP contribution in [0.5, 0.6) is 5.75 Å². The summed E-state index contributed by atoms with van der Waals surface area (Å²) in [6.07, 6.45) is 1.77. The molecule has 0 radical (unpaired) electrons. The first kappa shape index (κ1) is 23.3. The first-order valence-corrected chi connectivity index (χ1v) is 11.7. The van der Waals surface area contributed by atoms with Gasteiger partial charge in [-0.1, -0.05) is 71.4 Å². The van der Waals surface area contributed by atoms with Crippen molar-refractivity contribution in [2.75, 3.05) is 16.8 Å². The highest BCUT2D eigenvalue weighted by atomic mass is 35.5. The Morgan fingerprint density at radius 1 is 1.03 bits per heavy atom. The molecular formula is C24H16Cl2N2O3S2. The maximum absolute atomic E-state index is 12.9. The molecular weight excluding hydrogens is 499 g/mol. The minimum atomic E-state index is -0.321. The number of ether oxygens (including phenoxy) is 1. The number of hydrogen-bond acceptors (Lipinski definition) is 5. The molecule has 2 amide bonds. The summed E-state index contributed by atoms with van der Waals surface area (Å²) >= 11 is 18.6. The van der Waals surface area contributed by atoms with E-state index in [0.29, 0.717) is 36.4 Å². The van der Waals surface area contributed by atoms with Crippen molar-refractivity contribution in [3.63, 3.8) is 0 Å². The molecule has 166 valence electrons. The van der Waals surface area contributed by atoms with Gasteiger partial charge in [-0.25, -0.2) is 0 Å². The number of para-hydroxylation sites is 1. The summed E-state index contributed by atoms with van der Waals surface area (Å²) in [4.78, 5) is 27.0. The number of carbonyl (C=O) groups excluding carboxylic acids is 2. The summed E-state index contributed by atoms with van der Waals surface area (Å²) in [5.74, 6) is 0.0112. The maximum Gasteiger partial charge on any atom is 0.270 e. The summed E-state index contributed by atoms with van der Waals surface area (Å²) in [6, 6.07) is 21.0. The Kier molecular flexibility index (Phi) is 7.35. The molecule has 0 unspecified atom stereocenters. The van der Waals surface area contributed by atoms with E-state index in [2.05, 4.69) is 5.32 Å². The number of nitrogens with zero attached hydrogens (tertiary/aromatic N) is 1. The Morgan fingerprint density at radius 3 is 2.42 bits per heavy atom. The first-order chi connectivity index (χ1) is 15.9. The molecule has 1 saturated heterocycles. The highest BCUT2D eigenvalue weighted by molar-refractivity contribution is 8.27. The lowest BCUT2D eigenvalue weighted by molar-refractivity contribution is -0.118. The summed E-state index contributed by atoms with van der Waals surface area (Å²) in [5, 5.41) is 3.74. The number of carbonyl (C=O) groups is 2. The predicted molar refractivity (Wildman–Crippen MR) is 139 cm³/mol. The molecule has 0 saturated carbocycles. The number of halogens is 2.